The molecule has 0 bridgehead atoms. The molecule has 0 spiro atoms. The van der Waals surface area contributed by atoms with Crippen LogP contribution in [0.15, 0.2) is 40.9 Å². The van der Waals surface area contributed by atoms with Crippen LogP contribution in [-0.4, -0.2) is 18.0 Å². The Balaban J connectivity index is 2.03. The first-order chi connectivity index (χ1) is 9.69. The zero-order valence-corrected chi connectivity index (χ0v) is 14.2. The minimum atomic E-state index is 0.748. The van der Waals surface area contributed by atoms with Crippen LogP contribution in [0.4, 0.5) is 0 Å². The van der Waals surface area contributed by atoms with Crippen molar-refractivity contribution in [2.75, 3.05) is 13.1 Å². The molecule has 2 nitrogen and oxygen atoms in total. The lowest BCUT2D eigenvalue weighted by Gasteiger charge is -2.21. The Bertz CT molecular complexity index is 505. The predicted octanol–water partition coefficient (Wildman–Crippen LogP) is 4.17. The van der Waals surface area contributed by atoms with Gasteiger partial charge in [-0.25, -0.2) is 0 Å². The van der Waals surface area contributed by atoms with E-state index in [1.165, 1.54) is 19.8 Å². The van der Waals surface area contributed by atoms with E-state index in [9.17, 15) is 0 Å². The maximum absolute atomic E-state index is 5.66. The van der Waals surface area contributed by atoms with Gasteiger partial charge in [0.05, 0.1) is 0 Å². The lowest BCUT2D eigenvalue weighted by molar-refractivity contribution is 0.257. The first-order valence-corrected chi connectivity index (χ1v) is 8.51. The number of nitrogens with zero attached hydrogens (tertiary/aromatic N) is 1. The summed E-state index contributed by atoms with van der Waals surface area (Å²) >= 11 is 5.46. The van der Waals surface area contributed by atoms with Crippen LogP contribution < -0.4 is 5.73 Å². The van der Waals surface area contributed by atoms with Gasteiger partial charge in [0, 0.05) is 33.9 Å². The summed E-state index contributed by atoms with van der Waals surface area (Å²) in [4.78, 5) is 5.22. The van der Waals surface area contributed by atoms with Gasteiger partial charge in [-0.15, -0.1) is 11.3 Å². The molecule has 0 aliphatic rings. The van der Waals surface area contributed by atoms with Crippen LogP contribution in [0.2, 0.25) is 0 Å². The second kappa shape index (κ2) is 7.93. The second-order valence-corrected chi connectivity index (χ2v) is 7.15. The second-order valence-electron chi connectivity index (χ2n) is 4.96. The highest BCUT2D eigenvalue weighted by atomic mass is 79.9. The fourth-order valence-electron chi connectivity index (χ4n) is 2.19. The molecule has 0 unspecified atom stereocenters. The van der Waals surface area contributed by atoms with Crippen LogP contribution in [0.25, 0.3) is 0 Å². The first kappa shape index (κ1) is 15.7. The smallest absolute Gasteiger partial charge is 0.0331 e. The Hall–Kier alpha value is -0.680. The molecule has 0 aliphatic carbocycles. The maximum atomic E-state index is 5.66. The lowest BCUT2D eigenvalue weighted by Crippen LogP contribution is -2.25. The molecule has 20 heavy (non-hydrogen) atoms. The van der Waals surface area contributed by atoms with Crippen LogP contribution >= 0.6 is 27.3 Å². The Morgan fingerprint density at radius 1 is 1.20 bits per heavy atom. The Morgan fingerprint density at radius 3 is 2.55 bits per heavy atom. The van der Waals surface area contributed by atoms with E-state index in [1.54, 1.807) is 0 Å². The minimum absolute atomic E-state index is 0.748. The van der Waals surface area contributed by atoms with Crippen molar-refractivity contribution in [3.8, 4) is 0 Å². The molecule has 1 aromatic heterocycles. The Morgan fingerprint density at radius 2 is 1.95 bits per heavy atom. The van der Waals surface area contributed by atoms with Gasteiger partial charge in [0.1, 0.15) is 0 Å². The monoisotopic (exact) mass is 352 g/mol. The molecule has 0 radical (unpaired) electrons. The standard InChI is InChI=1S/C16H21BrN2S/c1-13-16(17)10-15(20-13)12-19(9-5-8-18)11-14-6-3-2-4-7-14/h2-4,6-7,10H,5,8-9,11-12,18H2,1H3. The summed E-state index contributed by atoms with van der Waals surface area (Å²) < 4.78 is 1.22. The zero-order valence-electron chi connectivity index (χ0n) is 11.8. The molecule has 0 atom stereocenters. The molecule has 0 aliphatic heterocycles. The number of hydrogen-bond donors (Lipinski definition) is 1. The van der Waals surface area contributed by atoms with Crippen molar-refractivity contribution in [2.24, 2.45) is 5.73 Å². The van der Waals surface area contributed by atoms with Crippen LogP contribution in [0, 0.1) is 6.92 Å². The third-order valence-electron chi connectivity index (χ3n) is 3.22. The molecule has 108 valence electrons. The van der Waals surface area contributed by atoms with Crippen molar-refractivity contribution in [1.29, 1.82) is 0 Å². The molecule has 4 heteroatoms. The van der Waals surface area contributed by atoms with E-state index in [2.05, 4.69) is 64.2 Å². The van der Waals surface area contributed by atoms with Gasteiger partial charge < -0.3 is 5.73 Å². The summed E-state index contributed by atoms with van der Waals surface area (Å²) in [6.45, 7) is 5.92. The van der Waals surface area contributed by atoms with Gasteiger partial charge in [-0.05, 0) is 47.4 Å². The Kier molecular flexibility index (Phi) is 6.23. The molecule has 1 heterocycles. The van der Waals surface area contributed by atoms with E-state index in [0.717, 1.165) is 32.6 Å². The lowest BCUT2D eigenvalue weighted by atomic mass is 10.2. The van der Waals surface area contributed by atoms with E-state index in [-0.39, 0.29) is 0 Å². The topological polar surface area (TPSA) is 29.3 Å². The van der Waals surface area contributed by atoms with E-state index in [4.69, 9.17) is 5.73 Å². The quantitative estimate of drug-likeness (QED) is 0.810. The van der Waals surface area contributed by atoms with Gasteiger partial charge in [0.25, 0.3) is 0 Å². The number of thiophene rings is 1. The fraction of sp³-hybridized carbons (Fsp3) is 0.375. The summed E-state index contributed by atoms with van der Waals surface area (Å²) in [7, 11) is 0. The number of aryl methyl sites for hydroxylation is 1. The van der Waals surface area contributed by atoms with E-state index in [0.29, 0.717) is 0 Å². The highest BCUT2D eigenvalue weighted by Crippen LogP contribution is 2.27. The number of benzene rings is 1. The summed E-state index contributed by atoms with van der Waals surface area (Å²) in [5, 5.41) is 0. The number of hydrogen-bond acceptors (Lipinski definition) is 3. The molecule has 2 N–H and O–H groups in total. The van der Waals surface area contributed by atoms with E-state index >= 15 is 0 Å². The summed E-state index contributed by atoms with van der Waals surface area (Å²) in [5.74, 6) is 0. The SMILES string of the molecule is Cc1sc(CN(CCCN)Cc2ccccc2)cc1Br. The number of halogens is 1. The molecular weight excluding hydrogens is 332 g/mol. The van der Waals surface area contributed by atoms with Crippen LogP contribution in [0.5, 0.6) is 0 Å². The summed E-state index contributed by atoms with van der Waals surface area (Å²) in [6.07, 6.45) is 1.04. The van der Waals surface area contributed by atoms with Crippen molar-refractivity contribution in [2.45, 2.75) is 26.4 Å². The predicted molar refractivity (Wildman–Crippen MR) is 91.0 cm³/mol. The number of nitrogens with two attached hydrogens (primary N) is 1. The summed E-state index contributed by atoms with van der Waals surface area (Å²) in [5.41, 5.74) is 7.02. The minimum Gasteiger partial charge on any atom is -0.330 e. The van der Waals surface area contributed by atoms with Crippen molar-refractivity contribution in [1.82, 2.24) is 4.90 Å². The third-order valence-corrected chi connectivity index (χ3v) is 5.34. The van der Waals surface area contributed by atoms with Gasteiger partial charge in [-0.2, -0.15) is 0 Å². The third kappa shape index (κ3) is 4.70. The van der Waals surface area contributed by atoms with Crippen LogP contribution in [0.3, 0.4) is 0 Å². The normalized spacial score (nSPS) is 11.2. The van der Waals surface area contributed by atoms with E-state index < -0.39 is 0 Å². The average molecular weight is 353 g/mol. The molecule has 2 rings (SSSR count). The molecular formula is C16H21BrN2S. The van der Waals surface area contributed by atoms with E-state index in [1.807, 2.05) is 11.3 Å². The van der Waals surface area contributed by atoms with Crippen LogP contribution in [0.1, 0.15) is 21.7 Å². The summed E-state index contributed by atoms with van der Waals surface area (Å²) in [6, 6.07) is 12.9. The number of rotatable bonds is 7. The van der Waals surface area contributed by atoms with Crippen molar-refractivity contribution in [3.05, 3.63) is 56.2 Å². The highest BCUT2D eigenvalue weighted by Gasteiger charge is 2.10. The zero-order chi connectivity index (χ0) is 14.4. The Labute approximate surface area is 133 Å². The van der Waals surface area contributed by atoms with Gasteiger partial charge in [-0.1, -0.05) is 30.3 Å². The van der Waals surface area contributed by atoms with Gasteiger partial charge in [0.2, 0.25) is 0 Å². The molecule has 0 fully saturated rings. The largest absolute Gasteiger partial charge is 0.330 e. The van der Waals surface area contributed by atoms with Crippen molar-refractivity contribution in [3.63, 3.8) is 0 Å². The first-order valence-electron chi connectivity index (χ1n) is 6.90. The average Bonchev–Trinajstić information content (AvgIpc) is 2.76. The van der Waals surface area contributed by atoms with Gasteiger partial charge in [-0.3, -0.25) is 4.90 Å². The molecule has 2 aromatic rings. The van der Waals surface area contributed by atoms with Gasteiger partial charge >= 0.3 is 0 Å². The molecule has 0 saturated heterocycles. The highest BCUT2D eigenvalue weighted by molar-refractivity contribution is 9.10. The molecule has 1 aromatic carbocycles. The van der Waals surface area contributed by atoms with Crippen LogP contribution in [-0.2, 0) is 13.1 Å². The molecule has 0 amide bonds. The molecule has 0 saturated carbocycles. The van der Waals surface area contributed by atoms with Crippen molar-refractivity contribution < 1.29 is 0 Å². The van der Waals surface area contributed by atoms with Crippen molar-refractivity contribution >= 4 is 27.3 Å². The maximum Gasteiger partial charge on any atom is 0.0331 e. The fourth-order valence-corrected chi connectivity index (χ4v) is 3.83. The van der Waals surface area contributed by atoms with Gasteiger partial charge in [0.15, 0.2) is 0 Å².